The first-order valence-corrected chi connectivity index (χ1v) is 6.10. The first-order chi connectivity index (χ1) is 8.33. The normalized spacial score (nSPS) is 10.2. The lowest BCUT2D eigenvalue weighted by molar-refractivity contribution is -0.119. The number of carbonyl (C=O) groups is 1. The summed E-state index contributed by atoms with van der Waals surface area (Å²) in [5, 5.41) is 0. The molecule has 1 aromatic rings. The van der Waals surface area contributed by atoms with E-state index in [1.165, 1.54) is 0 Å². The molecule has 1 aromatic carbocycles. The molecular formula is C14H20O3. The predicted octanol–water partition coefficient (Wildman–Crippen LogP) is 2.84. The highest BCUT2D eigenvalue weighted by Gasteiger charge is 1.97. The molecule has 0 heterocycles. The van der Waals surface area contributed by atoms with Crippen LogP contribution in [0.4, 0.5) is 0 Å². The van der Waals surface area contributed by atoms with E-state index in [0.717, 1.165) is 12.2 Å². The fourth-order valence-electron chi connectivity index (χ4n) is 1.39. The van der Waals surface area contributed by atoms with Gasteiger partial charge in [-0.05, 0) is 18.6 Å². The van der Waals surface area contributed by atoms with E-state index in [2.05, 4.69) is 0 Å². The predicted molar refractivity (Wildman–Crippen MR) is 67.3 cm³/mol. The molecule has 0 aromatic heterocycles. The molecule has 0 bridgehead atoms. The molecule has 0 atom stereocenters. The number of hydrogen-bond acceptors (Lipinski definition) is 3. The van der Waals surface area contributed by atoms with E-state index >= 15 is 0 Å². The summed E-state index contributed by atoms with van der Waals surface area (Å²) in [5.74, 6) is 1.16. The SMILES string of the molecule is CCC(=O)CCCOCCOc1ccccc1. The minimum absolute atomic E-state index is 0.300. The van der Waals surface area contributed by atoms with Crippen LogP contribution in [0.25, 0.3) is 0 Å². The summed E-state index contributed by atoms with van der Waals surface area (Å²) in [6, 6.07) is 9.66. The standard InChI is InChI=1S/C14H20O3/c1-2-13(15)7-6-10-16-11-12-17-14-8-4-3-5-9-14/h3-5,8-9H,2,6-7,10-12H2,1H3. The number of ketones is 1. The van der Waals surface area contributed by atoms with Gasteiger partial charge in [0.2, 0.25) is 0 Å². The molecule has 3 heteroatoms. The summed E-state index contributed by atoms with van der Waals surface area (Å²) in [5.41, 5.74) is 0. The number of ether oxygens (including phenoxy) is 2. The van der Waals surface area contributed by atoms with Gasteiger partial charge in [-0.25, -0.2) is 0 Å². The van der Waals surface area contributed by atoms with E-state index in [9.17, 15) is 4.79 Å². The van der Waals surface area contributed by atoms with Gasteiger partial charge in [-0.3, -0.25) is 4.79 Å². The Morgan fingerprint density at radius 1 is 1.12 bits per heavy atom. The van der Waals surface area contributed by atoms with Crippen LogP contribution >= 0.6 is 0 Å². The van der Waals surface area contributed by atoms with Crippen molar-refractivity contribution in [2.24, 2.45) is 0 Å². The number of rotatable bonds is 9. The third-order valence-electron chi connectivity index (χ3n) is 2.38. The van der Waals surface area contributed by atoms with Gasteiger partial charge in [0.25, 0.3) is 0 Å². The second kappa shape index (κ2) is 8.76. The smallest absolute Gasteiger partial charge is 0.132 e. The van der Waals surface area contributed by atoms with Crippen LogP contribution in [0.3, 0.4) is 0 Å². The molecule has 0 fully saturated rings. The van der Waals surface area contributed by atoms with Crippen molar-refractivity contribution in [3.8, 4) is 5.75 Å². The minimum Gasteiger partial charge on any atom is -0.491 e. The van der Waals surface area contributed by atoms with Gasteiger partial charge in [0.15, 0.2) is 0 Å². The van der Waals surface area contributed by atoms with Crippen LogP contribution in [-0.4, -0.2) is 25.6 Å². The van der Waals surface area contributed by atoms with Gasteiger partial charge in [-0.15, -0.1) is 0 Å². The Morgan fingerprint density at radius 3 is 2.59 bits per heavy atom. The summed E-state index contributed by atoms with van der Waals surface area (Å²) >= 11 is 0. The van der Waals surface area contributed by atoms with Gasteiger partial charge < -0.3 is 9.47 Å². The molecule has 94 valence electrons. The molecule has 0 saturated carbocycles. The zero-order valence-electron chi connectivity index (χ0n) is 10.4. The van der Waals surface area contributed by atoms with E-state index in [0.29, 0.717) is 38.4 Å². The van der Waals surface area contributed by atoms with Gasteiger partial charge >= 0.3 is 0 Å². The maximum Gasteiger partial charge on any atom is 0.132 e. The van der Waals surface area contributed by atoms with E-state index in [1.807, 2.05) is 37.3 Å². The molecular weight excluding hydrogens is 216 g/mol. The highest BCUT2D eigenvalue weighted by molar-refractivity contribution is 5.77. The summed E-state index contributed by atoms with van der Waals surface area (Å²) in [6.45, 7) is 3.63. The lowest BCUT2D eigenvalue weighted by atomic mass is 10.2. The largest absolute Gasteiger partial charge is 0.491 e. The maximum atomic E-state index is 11.0. The highest BCUT2D eigenvalue weighted by atomic mass is 16.5. The summed E-state index contributed by atoms with van der Waals surface area (Å²) in [7, 11) is 0. The molecule has 0 radical (unpaired) electrons. The van der Waals surface area contributed by atoms with Crippen molar-refractivity contribution in [1.29, 1.82) is 0 Å². The number of carbonyl (C=O) groups excluding carboxylic acids is 1. The van der Waals surface area contributed by atoms with E-state index in [1.54, 1.807) is 0 Å². The molecule has 17 heavy (non-hydrogen) atoms. The Kier molecular flexibility index (Phi) is 7.07. The Balaban J connectivity index is 1.93. The number of Topliss-reactive ketones (excluding diaryl/α,β-unsaturated/α-hetero) is 1. The van der Waals surface area contributed by atoms with Gasteiger partial charge in [0, 0.05) is 19.4 Å². The van der Waals surface area contributed by atoms with Gasteiger partial charge in [-0.1, -0.05) is 25.1 Å². The van der Waals surface area contributed by atoms with Crippen molar-refractivity contribution in [2.75, 3.05) is 19.8 Å². The second-order valence-electron chi connectivity index (χ2n) is 3.77. The molecule has 0 aliphatic carbocycles. The quantitative estimate of drug-likeness (QED) is 0.618. The van der Waals surface area contributed by atoms with Crippen molar-refractivity contribution < 1.29 is 14.3 Å². The van der Waals surface area contributed by atoms with Crippen molar-refractivity contribution >= 4 is 5.78 Å². The van der Waals surface area contributed by atoms with Crippen LogP contribution in [0.15, 0.2) is 30.3 Å². The Morgan fingerprint density at radius 2 is 1.88 bits per heavy atom. The van der Waals surface area contributed by atoms with Crippen LogP contribution in [0.2, 0.25) is 0 Å². The topological polar surface area (TPSA) is 35.5 Å². The Hall–Kier alpha value is -1.35. The van der Waals surface area contributed by atoms with E-state index in [-0.39, 0.29) is 0 Å². The molecule has 1 rings (SSSR count). The van der Waals surface area contributed by atoms with Gasteiger partial charge in [0.05, 0.1) is 6.61 Å². The monoisotopic (exact) mass is 236 g/mol. The zero-order valence-corrected chi connectivity index (χ0v) is 10.4. The maximum absolute atomic E-state index is 11.0. The first kappa shape index (κ1) is 13.7. The van der Waals surface area contributed by atoms with Gasteiger partial charge in [-0.2, -0.15) is 0 Å². The molecule has 0 unspecified atom stereocenters. The molecule has 0 aliphatic heterocycles. The molecule has 0 aliphatic rings. The summed E-state index contributed by atoms with van der Waals surface area (Å²) in [6.07, 6.45) is 2.05. The molecule has 0 N–H and O–H groups in total. The average Bonchev–Trinajstić information content (AvgIpc) is 2.38. The number of para-hydroxylation sites is 1. The van der Waals surface area contributed by atoms with Crippen molar-refractivity contribution in [2.45, 2.75) is 26.2 Å². The Bertz CT molecular complexity index is 309. The van der Waals surface area contributed by atoms with Crippen molar-refractivity contribution in [3.63, 3.8) is 0 Å². The van der Waals surface area contributed by atoms with Crippen LogP contribution in [-0.2, 0) is 9.53 Å². The third-order valence-corrected chi connectivity index (χ3v) is 2.38. The number of hydrogen-bond donors (Lipinski definition) is 0. The van der Waals surface area contributed by atoms with Crippen LogP contribution < -0.4 is 4.74 Å². The molecule has 0 spiro atoms. The lowest BCUT2D eigenvalue weighted by Gasteiger charge is -2.06. The fourth-order valence-corrected chi connectivity index (χ4v) is 1.39. The lowest BCUT2D eigenvalue weighted by Crippen LogP contribution is -2.08. The minimum atomic E-state index is 0.300. The molecule has 0 amide bonds. The highest BCUT2D eigenvalue weighted by Crippen LogP contribution is 2.07. The summed E-state index contributed by atoms with van der Waals surface area (Å²) in [4.78, 5) is 11.0. The fraction of sp³-hybridized carbons (Fsp3) is 0.500. The first-order valence-electron chi connectivity index (χ1n) is 6.10. The van der Waals surface area contributed by atoms with E-state index in [4.69, 9.17) is 9.47 Å². The van der Waals surface area contributed by atoms with Gasteiger partial charge in [0.1, 0.15) is 18.1 Å². The van der Waals surface area contributed by atoms with Crippen LogP contribution in [0.5, 0.6) is 5.75 Å². The zero-order chi connectivity index (χ0) is 12.3. The molecule has 0 saturated heterocycles. The van der Waals surface area contributed by atoms with Crippen LogP contribution in [0, 0.1) is 0 Å². The van der Waals surface area contributed by atoms with E-state index < -0.39 is 0 Å². The Labute approximate surface area is 103 Å². The van der Waals surface area contributed by atoms with Crippen molar-refractivity contribution in [1.82, 2.24) is 0 Å². The second-order valence-corrected chi connectivity index (χ2v) is 3.77. The third kappa shape index (κ3) is 6.74. The molecule has 3 nitrogen and oxygen atoms in total. The average molecular weight is 236 g/mol. The van der Waals surface area contributed by atoms with Crippen molar-refractivity contribution in [3.05, 3.63) is 30.3 Å². The number of benzene rings is 1. The summed E-state index contributed by atoms with van der Waals surface area (Å²) < 4.78 is 10.8. The van der Waals surface area contributed by atoms with Crippen LogP contribution in [0.1, 0.15) is 26.2 Å².